The van der Waals surface area contributed by atoms with Crippen molar-refractivity contribution in [3.63, 3.8) is 0 Å². The quantitative estimate of drug-likeness (QED) is 0.778. The van der Waals surface area contributed by atoms with Gasteiger partial charge in [-0.25, -0.2) is 8.42 Å². The van der Waals surface area contributed by atoms with Gasteiger partial charge < -0.3 is 10.1 Å². The summed E-state index contributed by atoms with van der Waals surface area (Å²) < 4.78 is 32.6. The van der Waals surface area contributed by atoms with Gasteiger partial charge in [0.05, 0.1) is 4.90 Å². The Morgan fingerprint density at radius 3 is 2.38 bits per heavy atom. The highest BCUT2D eigenvalue weighted by molar-refractivity contribution is 7.89. The van der Waals surface area contributed by atoms with Gasteiger partial charge in [0.15, 0.2) is 6.61 Å². The average Bonchev–Trinajstić information content (AvgIpc) is 2.69. The number of hydrogen-bond acceptors (Lipinski definition) is 4. The Morgan fingerprint density at radius 1 is 1.10 bits per heavy atom. The zero-order valence-corrected chi connectivity index (χ0v) is 18.0. The van der Waals surface area contributed by atoms with E-state index in [0.29, 0.717) is 24.8 Å². The number of hydrogen-bond donors (Lipinski definition) is 1. The average molecular weight is 417 g/mol. The molecule has 1 saturated heterocycles. The SMILES string of the molecule is Cc1ccc(NC(=O)COc2ccc(S(=O)(=O)N3CCC(C)CC3)cc2)c(C)c1. The van der Waals surface area contributed by atoms with Crippen molar-refractivity contribution in [2.24, 2.45) is 5.92 Å². The van der Waals surface area contributed by atoms with Crippen LogP contribution in [0.3, 0.4) is 0 Å². The minimum Gasteiger partial charge on any atom is -0.484 e. The first-order valence-corrected chi connectivity index (χ1v) is 11.3. The second-order valence-electron chi connectivity index (χ2n) is 7.71. The van der Waals surface area contributed by atoms with Crippen LogP contribution in [0.15, 0.2) is 47.4 Å². The molecular weight excluding hydrogens is 388 g/mol. The number of amides is 1. The number of piperidine rings is 1. The zero-order valence-electron chi connectivity index (χ0n) is 17.1. The lowest BCUT2D eigenvalue weighted by Crippen LogP contribution is -2.37. The summed E-state index contributed by atoms with van der Waals surface area (Å²) in [6.07, 6.45) is 1.77. The third-order valence-corrected chi connectivity index (χ3v) is 7.14. The van der Waals surface area contributed by atoms with Crippen LogP contribution in [-0.4, -0.2) is 38.3 Å². The molecule has 0 aromatic heterocycles. The molecule has 29 heavy (non-hydrogen) atoms. The summed E-state index contributed by atoms with van der Waals surface area (Å²) in [6.45, 7) is 7.04. The van der Waals surface area contributed by atoms with Crippen molar-refractivity contribution in [3.8, 4) is 5.75 Å². The van der Waals surface area contributed by atoms with E-state index in [1.165, 1.54) is 12.1 Å². The van der Waals surface area contributed by atoms with Crippen LogP contribution in [0.1, 0.15) is 30.9 Å². The number of rotatable bonds is 6. The van der Waals surface area contributed by atoms with Crippen LogP contribution >= 0.6 is 0 Å². The van der Waals surface area contributed by atoms with Crippen LogP contribution in [-0.2, 0) is 14.8 Å². The first kappa shape index (κ1) is 21.3. The lowest BCUT2D eigenvalue weighted by atomic mass is 10.0. The summed E-state index contributed by atoms with van der Waals surface area (Å²) >= 11 is 0. The van der Waals surface area contributed by atoms with Gasteiger partial charge in [-0.3, -0.25) is 4.79 Å². The lowest BCUT2D eigenvalue weighted by molar-refractivity contribution is -0.118. The Kier molecular flexibility index (Phi) is 6.59. The molecule has 3 rings (SSSR count). The van der Waals surface area contributed by atoms with Gasteiger partial charge in [0.1, 0.15) is 5.75 Å². The first-order chi connectivity index (χ1) is 13.8. The Hall–Kier alpha value is -2.38. The fourth-order valence-corrected chi connectivity index (χ4v) is 4.84. The molecule has 0 bridgehead atoms. The van der Waals surface area contributed by atoms with Crippen molar-refractivity contribution in [1.82, 2.24) is 4.31 Å². The van der Waals surface area contributed by atoms with Crippen molar-refractivity contribution in [2.45, 2.75) is 38.5 Å². The van der Waals surface area contributed by atoms with E-state index < -0.39 is 10.0 Å². The molecule has 0 radical (unpaired) electrons. The van der Waals surface area contributed by atoms with Crippen molar-refractivity contribution >= 4 is 21.6 Å². The van der Waals surface area contributed by atoms with Gasteiger partial charge in [-0.1, -0.05) is 24.6 Å². The zero-order chi connectivity index (χ0) is 21.0. The lowest BCUT2D eigenvalue weighted by Gasteiger charge is -2.29. The minimum atomic E-state index is -3.48. The third-order valence-electron chi connectivity index (χ3n) is 5.23. The van der Waals surface area contributed by atoms with Crippen molar-refractivity contribution in [1.29, 1.82) is 0 Å². The van der Waals surface area contributed by atoms with Crippen molar-refractivity contribution in [3.05, 3.63) is 53.6 Å². The number of nitrogens with one attached hydrogen (secondary N) is 1. The molecule has 156 valence electrons. The van der Waals surface area contributed by atoms with E-state index in [2.05, 4.69) is 12.2 Å². The smallest absolute Gasteiger partial charge is 0.262 e. The highest BCUT2D eigenvalue weighted by Gasteiger charge is 2.27. The summed E-state index contributed by atoms with van der Waals surface area (Å²) in [5.74, 6) is 0.746. The van der Waals surface area contributed by atoms with Gasteiger partial charge in [-0.15, -0.1) is 0 Å². The number of sulfonamides is 1. The molecule has 2 aromatic rings. The van der Waals surface area contributed by atoms with Crippen LogP contribution in [0.2, 0.25) is 0 Å². The minimum absolute atomic E-state index is 0.149. The molecule has 1 fully saturated rings. The van der Waals surface area contributed by atoms with Crippen LogP contribution in [0.4, 0.5) is 5.69 Å². The Morgan fingerprint density at radius 2 is 1.76 bits per heavy atom. The third kappa shape index (κ3) is 5.36. The summed E-state index contributed by atoms with van der Waals surface area (Å²) in [6, 6.07) is 12.0. The molecule has 1 heterocycles. The molecule has 0 atom stereocenters. The molecule has 2 aromatic carbocycles. The number of nitrogens with zero attached hydrogens (tertiary/aromatic N) is 1. The number of anilines is 1. The van der Waals surface area contributed by atoms with Crippen LogP contribution in [0, 0.1) is 19.8 Å². The highest BCUT2D eigenvalue weighted by atomic mass is 32.2. The molecule has 0 spiro atoms. The summed E-state index contributed by atoms with van der Waals surface area (Å²) in [7, 11) is -3.48. The summed E-state index contributed by atoms with van der Waals surface area (Å²) in [5.41, 5.74) is 2.87. The summed E-state index contributed by atoms with van der Waals surface area (Å²) in [5, 5.41) is 2.82. The number of aryl methyl sites for hydroxylation is 2. The topological polar surface area (TPSA) is 75.7 Å². The van der Waals surface area contributed by atoms with Gasteiger partial charge in [0.25, 0.3) is 5.91 Å². The van der Waals surface area contributed by atoms with Crippen molar-refractivity contribution < 1.29 is 17.9 Å². The van der Waals surface area contributed by atoms with Gasteiger partial charge in [0.2, 0.25) is 10.0 Å². The Labute approximate surface area is 172 Å². The number of carbonyl (C=O) groups excluding carboxylic acids is 1. The first-order valence-electron chi connectivity index (χ1n) is 9.86. The van der Waals surface area contributed by atoms with Gasteiger partial charge in [-0.2, -0.15) is 4.31 Å². The number of ether oxygens (including phenoxy) is 1. The maximum Gasteiger partial charge on any atom is 0.262 e. The second kappa shape index (κ2) is 8.97. The number of carbonyl (C=O) groups is 1. The van der Waals surface area contributed by atoms with E-state index in [1.54, 1.807) is 16.4 Å². The molecule has 0 unspecified atom stereocenters. The molecular formula is C22H28N2O4S. The van der Waals surface area contributed by atoms with Crippen LogP contribution in [0.5, 0.6) is 5.75 Å². The summed E-state index contributed by atoms with van der Waals surface area (Å²) in [4.78, 5) is 12.4. The van der Waals surface area contributed by atoms with Crippen LogP contribution < -0.4 is 10.1 Å². The van der Waals surface area contributed by atoms with Gasteiger partial charge >= 0.3 is 0 Å². The van der Waals surface area contributed by atoms with E-state index in [0.717, 1.165) is 29.7 Å². The number of benzene rings is 2. The fourth-order valence-electron chi connectivity index (χ4n) is 3.37. The van der Waals surface area contributed by atoms with E-state index >= 15 is 0 Å². The van der Waals surface area contributed by atoms with E-state index in [4.69, 9.17) is 4.74 Å². The maximum absolute atomic E-state index is 12.8. The predicted molar refractivity (Wildman–Crippen MR) is 114 cm³/mol. The molecule has 1 amide bonds. The molecule has 6 nitrogen and oxygen atoms in total. The molecule has 1 aliphatic heterocycles. The van der Waals surface area contributed by atoms with Gasteiger partial charge in [0, 0.05) is 18.8 Å². The van der Waals surface area contributed by atoms with E-state index in [-0.39, 0.29) is 17.4 Å². The monoisotopic (exact) mass is 416 g/mol. The largest absolute Gasteiger partial charge is 0.484 e. The van der Waals surface area contributed by atoms with Crippen LogP contribution in [0.25, 0.3) is 0 Å². The molecule has 0 saturated carbocycles. The highest BCUT2D eigenvalue weighted by Crippen LogP contribution is 2.25. The molecule has 1 aliphatic rings. The predicted octanol–water partition coefficient (Wildman–Crippen LogP) is 3.74. The van der Waals surface area contributed by atoms with Gasteiger partial charge in [-0.05, 0) is 68.5 Å². The molecule has 0 aliphatic carbocycles. The second-order valence-corrected chi connectivity index (χ2v) is 9.65. The Bertz CT molecular complexity index is 963. The normalized spacial score (nSPS) is 15.8. The van der Waals surface area contributed by atoms with E-state index in [1.807, 2.05) is 32.0 Å². The fraction of sp³-hybridized carbons (Fsp3) is 0.409. The maximum atomic E-state index is 12.8. The molecule has 1 N–H and O–H groups in total. The van der Waals surface area contributed by atoms with Crippen molar-refractivity contribution in [2.75, 3.05) is 25.0 Å². The standard InChI is InChI=1S/C22H28N2O4S/c1-16-10-12-24(13-11-16)29(26,27)20-7-5-19(6-8-20)28-15-22(25)23-21-9-4-17(2)14-18(21)3/h4-9,14,16H,10-13,15H2,1-3H3,(H,23,25). The van der Waals surface area contributed by atoms with E-state index in [9.17, 15) is 13.2 Å². The Balaban J connectivity index is 1.57. The molecule has 7 heteroatoms.